The highest BCUT2D eigenvalue weighted by Gasteiger charge is 2.22. The van der Waals surface area contributed by atoms with Gasteiger partial charge in [-0.25, -0.2) is 4.79 Å². The van der Waals surface area contributed by atoms with Crippen molar-refractivity contribution in [1.29, 1.82) is 0 Å². The predicted octanol–water partition coefficient (Wildman–Crippen LogP) is 1.52. The van der Waals surface area contributed by atoms with Crippen LogP contribution in [0, 0.1) is 10.1 Å². The van der Waals surface area contributed by atoms with Gasteiger partial charge in [0.15, 0.2) is 0 Å². The highest BCUT2D eigenvalue weighted by atomic mass is 16.6. The number of anilines is 1. The second-order valence-electron chi connectivity index (χ2n) is 9.06. The number of carbonyl (C=O) groups is 1. The lowest BCUT2D eigenvalue weighted by atomic mass is 10.0. The molecule has 1 aliphatic rings. The Morgan fingerprint density at radius 2 is 1.71 bits per heavy atom. The molecule has 1 aromatic heterocycles. The number of nitro groups is 1. The van der Waals surface area contributed by atoms with Crippen molar-refractivity contribution in [3.8, 4) is 11.5 Å². The topological polar surface area (TPSA) is 140 Å². The summed E-state index contributed by atoms with van der Waals surface area (Å²) in [5, 5.41) is 21.3. The Labute approximate surface area is 218 Å². The lowest BCUT2D eigenvalue weighted by Crippen LogP contribution is -2.49. The molecule has 0 aliphatic carbocycles. The Balaban J connectivity index is 1.35. The molecule has 200 valence electrons. The zero-order valence-corrected chi connectivity index (χ0v) is 21.2. The molecule has 12 nitrogen and oxygen atoms in total. The van der Waals surface area contributed by atoms with Crippen molar-refractivity contribution < 1.29 is 19.6 Å². The standard InChI is InChI=1S/C26H29N5O7/c1-27-23(17-24(33)28(2)26(27)35)30-13-11-29(12-14-30)10-5-15-38-22-9-8-18(31(36)37)16-20(22)25(34)19-6-3-4-7-21(19)32/h3-4,6-9,16-17,32H,5,10-15H2,1-2H3. The third-order valence-electron chi connectivity index (χ3n) is 6.64. The van der Waals surface area contributed by atoms with E-state index in [-0.39, 0.29) is 46.2 Å². The molecule has 0 bridgehead atoms. The third-order valence-corrected chi connectivity index (χ3v) is 6.64. The fourth-order valence-corrected chi connectivity index (χ4v) is 4.44. The number of nitro benzene ring substituents is 1. The number of phenols is 1. The van der Waals surface area contributed by atoms with Crippen LogP contribution in [0.25, 0.3) is 0 Å². The molecule has 1 aliphatic heterocycles. The Kier molecular flexibility index (Phi) is 7.91. The van der Waals surface area contributed by atoms with Gasteiger partial charge in [0, 0.05) is 65.0 Å². The highest BCUT2D eigenvalue weighted by Crippen LogP contribution is 2.29. The van der Waals surface area contributed by atoms with Crippen molar-refractivity contribution in [2.24, 2.45) is 14.1 Å². The second kappa shape index (κ2) is 11.3. The minimum atomic E-state index is -0.587. The average molecular weight is 524 g/mol. The Bertz CT molecular complexity index is 1470. The average Bonchev–Trinajstić information content (AvgIpc) is 2.92. The van der Waals surface area contributed by atoms with Crippen LogP contribution in [0.1, 0.15) is 22.3 Å². The number of phenolic OH excluding ortho intramolecular Hbond substituents is 1. The quantitative estimate of drug-likeness (QED) is 0.191. The van der Waals surface area contributed by atoms with Crippen molar-refractivity contribution >= 4 is 17.3 Å². The summed E-state index contributed by atoms with van der Waals surface area (Å²) in [5.41, 5.74) is -0.908. The van der Waals surface area contributed by atoms with E-state index in [1.165, 1.54) is 41.9 Å². The van der Waals surface area contributed by atoms with E-state index in [0.717, 1.165) is 30.3 Å². The van der Waals surface area contributed by atoms with Gasteiger partial charge in [0.1, 0.15) is 17.3 Å². The van der Waals surface area contributed by atoms with Crippen LogP contribution >= 0.6 is 0 Å². The van der Waals surface area contributed by atoms with Crippen molar-refractivity contribution in [2.75, 3.05) is 44.2 Å². The van der Waals surface area contributed by atoms with E-state index in [1.54, 1.807) is 19.2 Å². The van der Waals surface area contributed by atoms with E-state index in [4.69, 9.17) is 4.74 Å². The van der Waals surface area contributed by atoms with Gasteiger partial charge in [-0.05, 0) is 24.6 Å². The Hall–Kier alpha value is -4.45. The van der Waals surface area contributed by atoms with Gasteiger partial charge in [-0.1, -0.05) is 12.1 Å². The van der Waals surface area contributed by atoms with Gasteiger partial charge >= 0.3 is 5.69 Å². The first-order chi connectivity index (χ1) is 18.2. The van der Waals surface area contributed by atoms with Crippen LogP contribution in [-0.2, 0) is 14.1 Å². The van der Waals surface area contributed by atoms with E-state index < -0.39 is 10.7 Å². The van der Waals surface area contributed by atoms with Crippen molar-refractivity contribution in [2.45, 2.75) is 6.42 Å². The van der Waals surface area contributed by atoms with Gasteiger partial charge in [0.05, 0.1) is 22.7 Å². The van der Waals surface area contributed by atoms with Crippen LogP contribution in [0.2, 0.25) is 0 Å². The molecule has 1 saturated heterocycles. The molecule has 2 heterocycles. The zero-order chi connectivity index (χ0) is 27.4. The largest absolute Gasteiger partial charge is 0.507 e. The first-order valence-electron chi connectivity index (χ1n) is 12.2. The minimum absolute atomic E-state index is 0.00827. The van der Waals surface area contributed by atoms with Crippen LogP contribution in [0.5, 0.6) is 11.5 Å². The number of carbonyl (C=O) groups excluding carboxylic acids is 1. The predicted molar refractivity (Wildman–Crippen MR) is 140 cm³/mol. The van der Waals surface area contributed by atoms with Gasteiger partial charge in [-0.3, -0.25) is 33.7 Å². The lowest BCUT2D eigenvalue weighted by molar-refractivity contribution is -0.384. The van der Waals surface area contributed by atoms with E-state index in [0.29, 0.717) is 25.3 Å². The molecular formula is C26H29N5O7. The molecule has 0 saturated carbocycles. The van der Waals surface area contributed by atoms with E-state index in [9.17, 15) is 29.6 Å². The number of ketones is 1. The molecule has 1 N–H and O–H groups in total. The summed E-state index contributed by atoms with van der Waals surface area (Å²) in [7, 11) is 3.10. The first-order valence-corrected chi connectivity index (χ1v) is 12.2. The Morgan fingerprint density at radius 1 is 1.00 bits per heavy atom. The monoisotopic (exact) mass is 523 g/mol. The number of ether oxygens (including phenoxy) is 1. The summed E-state index contributed by atoms with van der Waals surface area (Å²) in [6.45, 7) is 3.78. The smallest absolute Gasteiger partial charge is 0.332 e. The van der Waals surface area contributed by atoms with Crippen molar-refractivity contribution in [3.05, 3.63) is 90.6 Å². The summed E-state index contributed by atoms with van der Waals surface area (Å²) >= 11 is 0. The number of hydrogen-bond donors (Lipinski definition) is 1. The number of benzene rings is 2. The number of nitrogens with zero attached hydrogens (tertiary/aromatic N) is 5. The maximum Gasteiger partial charge on any atom is 0.332 e. The molecule has 1 fully saturated rings. The molecule has 0 radical (unpaired) electrons. The van der Waals surface area contributed by atoms with E-state index >= 15 is 0 Å². The number of aromatic hydroxyl groups is 1. The summed E-state index contributed by atoms with van der Waals surface area (Å²) in [4.78, 5) is 52.3. The maximum absolute atomic E-state index is 13.1. The molecule has 0 spiro atoms. The van der Waals surface area contributed by atoms with Crippen LogP contribution in [-0.4, -0.2) is 69.2 Å². The molecule has 0 atom stereocenters. The Morgan fingerprint density at radius 3 is 2.39 bits per heavy atom. The normalized spacial score (nSPS) is 13.9. The zero-order valence-electron chi connectivity index (χ0n) is 21.2. The molecule has 3 aromatic rings. The van der Waals surface area contributed by atoms with Gasteiger partial charge in [0.2, 0.25) is 5.78 Å². The summed E-state index contributed by atoms with van der Waals surface area (Å²) in [6.07, 6.45) is 0.644. The van der Waals surface area contributed by atoms with E-state index in [2.05, 4.69) is 4.90 Å². The highest BCUT2D eigenvalue weighted by molar-refractivity contribution is 6.12. The molecule has 0 amide bonds. The summed E-state index contributed by atoms with van der Waals surface area (Å²) in [6, 6.07) is 11.3. The number of hydrogen-bond acceptors (Lipinski definition) is 9. The van der Waals surface area contributed by atoms with Crippen LogP contribution < -0.4 is 20.9 Å². The minimum Gasteiger partial charge on any atom is -0.507 e. The lowest BCUT2D eigenvalue weighted by Gasteiger charge is -2.36. The first kappa shape index (κ1) is 26.6. The SMILES string of the molecule is Cn1c(N2CCN(CCCOc3ccc([N+](=O)[O-])cc3C(=O)c3ccccc3O)CC2)cc(=O)n(C)c1=O. The molecule has 12 heteroatoms. The second-order valence-corrected chi connectivity index (χ2v) is 9.06. The van der Waals surface area contributed by atoms with E-state index in [1.807, 2.05) is 4.90 Å². The van der Waals surface area contributed by atoms with Crippen molar-refractivity contribution in [3.63, 3.8) is 0 Å². The summed E-state index contributed by atoms with van der Waals surface area (Å²) < 4.78 is 8.40. The fraction of sp³-hybridized carbons (Fsp3) is 0.346. The number of aromatic nitrogens is 2. The molecule has 0 unspecified atom stereocenters. The van der Waals surface area contributed by atoms with Gasteiger partial charge in [-0.2, -0.15) is 0 Å². The van der Waals surface area contributed by atoms with Gasteiger partial charge in [-0.15, -0.1) is 0 Å². The fourth-order valence-electron chi connectivity index (χ4n) is 4.44. The molecular weight excluding hydrogens is 494 g/mol. The summed E-state index contributed by atoms with van der Waals surface area (Å²) in [5.74, 6) is 0.0225. The number of para-hydroxylation sites is 1. The number of rotatable bonds is 9. The van der Waals surface area contributed by atoms with Gasteiger partial charge < -0.3 is 14.7 Å². The van der Waals surface area contributed by atoms with Crippen LogP contribution in [0.4, 0.5) is 11.5 Å². The van der Waals surface area contributed by atoms with Gasteiger partial charge in [0.25, 0.3) is 11.2 Å². The van der Waals surface area contributed by atoms with Crippen LogP contribution in [0.15, 0.2) is 58.1 Å². The molecule has 4 rings (SSSR count). The molecule has 38 heavy (non-hydrogen) atoms. The molecule has 2 aromatic carbocycles. The number of piperazine rings is 1. The van der Waals surface area contributed by atoms with Crippen LogP contribution in [0.3, 0.4) is 0 Å². The number of non-ortho nitro benzene ring substituents is 1. The third kappa shape index (κ3) is 5.59. The van der Waals surface area contributed by atoms with Crippen molar-refractivity contribution in [1.82, 2.24) is 14.0 Å². The maximum atomic E-state index is 13.1.